The Morgan fingerprint density at radius 2 is 2.05 bits per heavy atom. The highest BCUT2D eigenvalue weighted by molar-refractivity contribution is 5.08. The number of pyridine rings is 1. The molecule has 0 fully saturated rings. The maximum absolute atomic E-state index is 5.61. The molecule has 0 amide bonds. The Bertz CT molecular complexity index is 479. The van der Waals surface area contributed by atoms with Crippen LogP contribution in [0.15, 0.2) is 47.3 Å². The Balaban J connectivity index is 1.76. The molecular formula is C18H26N2O. The minimum atomic E-state index is 0.517. The van der Waals surface area contributed by atoms with E-state index in [0.29, 0.717) is 5.92 Å². The molecule has 0 spiro atoms. The predicted molar refractivity (Wildman–Crippen MR) is 86.1 cm³/mol. The molecule has 0 bridgehead atoms. The third kappa shape index (κ3) is 5.72. The van der Waals surface area contributed by atoms with Crippen molar-refractivity contribution in [3.05, 3.63) is 54.2 Å². The molecule has 0 aromatic carbocycles. The van der Waals surface area contributed by atoms with Crippen molar-refractivity contribution in [3.63, 3.8) is 0 Å². The van der Waals surface area contributed by atoms with E-state index < -0.39 is 0 Å². The molecule has 2 aromatic heterocycles. The summed E-state index contributed by atoms with van der Waals surface area (Å²) in [7, 11) is 0. The minimum Gasteiger partial charge on any atom is -0.469 e. The Morgan fingerprint density at radius 3 is 2.71 bits per heavy atom. The van der Waals surface area contributed by atoms with E-state index in [4.69, 9.17) is 4.42 Å². The molecule has 2 aromatic rings. The lowest BCUT2D eigenvalue weighted by Crippen LogP contribution is -2.17. The fourth-order valence-electron chi connectivity index (χ4n) is 2.50. The van der Waals surface area contributed by atoms with Gasteiger partial charge in [-0.25, -0.2) is 0 Å². The van der Waals surface area contributed by atoms with Gasteiger partial charge >= 0.3 is 0 Å². The lowest BCUT2D eigenvalue weighted by Gasteiger charge is -2.16. The summed E-state index contributed by atoms with van der Waals surface area (Å²) in [6.45, 7) is 6.43. The highest BCUT2D eigenvalue weighted by atomic mass is 16.3. The standard InChI is InChI=1S/C18H26N2O/c1-15(2)7-8-17(18-6-4-12-21-18)9-11-20-14-16-5-3-10-19-13-16/h3-6,10,12-13,15,17,20H,7-9,11,14H2,1-2H3/t17-/m0/s1. The first kappa shape index (κ1) is 15.8. The van der Waals surface area contributed by atoms with E-state index in [2.05, 4.69) is 36.3 Å². The lowest BCUT2D eigenvalue weighted by atomic mass is 9.93. The van der Waals surface area contributed by atoms with Crippen LogP contribution in [0, 0.1) is 5.92 Å². The molecule has 3 nitrogen and oxygen atoms in total. The van der Waals surface area contributed by atoms with E-state index in [1.165, 1.54) is 18.4 Å². The van der Waals surface area contributed by atoms with Crippen LogP contribution in [0.5, 0.6) is 0 Å². The molecule has 3 heteroatoms. The second-order valence-corrected chi connectivity index (χ2v) is 6.01. The second-order valence-electron chi connectivity index (χ2n) is 6.01. The van der Waals surface area contributed by atoms with Gasteiger partial charge in [0, 0.05) is 24.9 Å². The Hall–Kier alpha value is -1.61. The number of aromatic nitrogens is 1. The number of hydrogen-bond donors (Lipinski definition) is 1. The van der Waals surface area contributed by atoms with Gasteiger partial charge in [-0.3, -0.25) is 4.98 Å². The molecule has 1 atom stereocenters. The number of nitrogens with zero attached hydrogens (tertiary/aromatic N) is 1. The van der Waals surface area contributed by atoms with Gasteiger partial charge in [-0.05, 0) is 49.1 Å². The molecule has 0 unspecified atom stereocenters. The molecule has 0 radical (unpaired) electrons. The third-order valence-electron chi connectivity index (χ3n) is 3.76. The summed E-state index contributed by atoms with van der Waals surface area (Å²) < 4.78 is 5.61. The topological polar surface area (TPSA) is 38.1 Å². The minimum absolute atomic E-state index is 0.517. The van der Waals surface area contributed by atoms with Crippen LogP contribution in [-0.4, -0.2) is 11.5 Å². The summed E-state index contributed by atoms with van der Waals surface area (Å²) in [6, 6.07) is 8.17. The monoisotopic (exact) mass is 286 g/mol. The van der Waals surface area contributed by atoms with Crippen molar-refractivity contribution in [3.8, 4) is 0 Å². The Morgan fingerprint density at radius 1 is 1.14 bits per heavy atom. The van der Waals surface area contributed by atoms with Gasteiger partial charge in [-0.1, -0.05) is 26.3 Å². The van der Waals surface area contributed by atoms with Crippen molar-refractivity contribution >= 4 is 0 Å². The zero-order chi connectivity index (χ0) is 14.9. The van der Waals surface area contributed by atoms with Crippen molar-refractivity contribution in [2.75, 3.05) is 6.54 Å². The van der Waals surface area contributed by atoms with Crippen molar-refractivity contribution in [1.82, 2.24) is 10.3 Å². The third-order valence-corrected chi connectivity index (χ3v) is 3.76. The molecule has 0 aliphatic rings. The van der Waals surface area contributed by atoms with Crippen molar-refractivity contribution < 1.29 is 4.42 Å². The normalized spacial score (nSPS) is 12.7. The van der Waals surface area contributed by atoms with E-state index in [1.54, 1.807) is 6.26 Å². The van der Waals surface area contributed by atoms with E-state index in [1.807, 2.05) is 24.5 Å². The largest absolute Gasteiger partial charge is 0.469 e. The van der Waals surface area contributed by atoms with Crippen LogP contribution in [-0.2, 0) is 6.54 Å². The van der Waals surface area contributed by atoms with Crippen LogP contribution in [0.1, 0.15) is 50.4 Å². The van der Waals surface area contributed by atoms with Gasteiger partial charge < -0.3 is 9.73 Å². The number of rotatable bonds is 9. The first-order chi connectivity index (χ1) is 10.3. The predicted octanol–water partition coefficient (Wildman–Crippen LogP) is 4.37. The first-order valence-corrected chi connectivity index (χ1v) is 7.88. The van der Waals surface area contributed by atoms with Crippen molar-refractivity contribution in [2.24, 2.45) is 5.92 Å². The zero-order valence-corrected chi connectivity index (χ0v) is 13.1. The molecule has 21 heavy (non-hydrogen) atoms. The van der Waals surface area contributed by atoms with Crippen LogP contribution in [0.2, 0.25) is 0 Å². The summed E-state index contributed by atoms with van der Waals surface area (Å²) in [4.78, 5) is 4.13. The zero-order valence-electron chi connectivity index (χ0n) is 13.1. The lowest BCUT2D eigenvalue weighted by molar-refractivity contribution is 0.397. The first-order valence-electron chi connectivity index (χ1n) is 7.88. The van der Waals surface area contributed by atoms with Gasteiger partial charge in [0.2, 0.25) is 0 Å². The molecule has 2 heterocycles. The highest BCUT2D eigenvalue weighted by Gasteiger charge is 2.14. The molecule has 1 N–H and O–H groups in total. The fourth-order valence-corrected chi connectivity index (χ4v) is 2.50. The summed E-state index contributed by atoms with van der Waals surface area (Å²) in [5, 5.41) is 3.50. The average molecular weight is 286 g/mol. The maximum atomic E-state index is 5.61. The number of furan rings is 1. The van der Waals surface area contributed by atoms with Gasteiger partial charge in [0.05, 0.1) is 6.26 Å². The Kier molecular flexibility index (Phi) is 6.48. The maximum Gasteiger partial charge on any atom is 0.106 e. The van der Waals surface area contributed by atoms with Gasteiger partial charge in [0.1, 0.15) is 5.76 Å². The van der Waals surface area contributed by atoms with Gasteiger partial charge in [-0.15, -0.1) is 0 Å². The van der Waals surface area contributed by atoms with Crippen LogP contribution >= 0.6 is 0 Å². The van der Waals surface area contributed by atoms with Gasteiger partial charge in [0.25, 0.3) is 0 Å². The summed E-state index contributed by atoms with van der Waals surface area (Å²) >= 11 is 0. The summed E-state index contributed by atoms with van der Waals surface area (Å²) in [5.41, 5.74) is 1.23. The SMILES string of the molecule is CC(C)CC[C@@H](CCNCc1cccnc1)c1ccco1. The van der Waals surface area contributed by atoms with E-state index in [-0.39, 0.29) is 0 Å². The molecule has 0 saturated carbocycles. The summed E-state index contributed by atoms with van der Waals surface area (Å²) in [5.74, 6) is 2.38. The average Bonchev–Trinajstić information content (AvgIpc) is 3.01. The van der Waals surface area contributed by atoms with Crippen LogP contribution in [0.25, 0.3) is 0 Å². The van der Waals surface area contributed by atoms with Crippen LogP contribution < -0.4 is 5.32 Å². The quantitative estimate of drug-likeness (QED) is 0.695. The van der Waals surface area contributed by atoms with Crippen molar-refractivity contribution in [2.45, 2.75) is 45.6 Å². The summed E-state index contributed by atoms with van der Waals surface area (Å²) in [6.07, 6.45) is 9.05. The highest BCUT2D eigenvalue weighted by Crippen LogP contribution is 2.26. The fraction of sp³-hybridized carbons (Fsp3) is 0.500. The van der Waals surface area contributed by atoms with E-state index in [0.717, 1.165) is 31.2 Å². The molecular weight excluding hydrogens is 260 g/mol. The number of hydrogen-bond acceptors (Lipinski definition) is 3. The molecule has 0 aliphatic heterocycles. The smallest absolute Gasteiger partial charge is 0.106 e. The van der Waals surface area contributed by atoms with Gasteiger partial charge in [0.15, 0.2) is 0 Å². The molecule has 0 aliphatic carbocycles. The molecule has 2 rings (SSSR count). The van der Waals surface area contributed by atoms with E-state index in [9.17, 15) is 0 Å². The molecule has 0 saturated heterocycles. The van der Waals surface area contributed by atoms with E-state index >= 15 is 0 Å². The van der Waals surface area contributed by atoms with Crippen molar-refractivity contribution in [1.29, 1.82) is 0 Å². The Labute approximate surface area is 127 Å². The molecule has 114 valence electrons. The second kappa shape index (κ2) is 8.63. The number of nitrogens with one attached hydrogen (secondary N) is 1. The van der Waals surface area contributed by atoms with Gasteiger partial charge in [-0.2, -0.15) is 0 Å². The van der Waals surface area contributed by atoms with Crippen LogP contribution in [0.3, 0.4) is 0 Å². The van der Waals surface area contributed by atoms with Crippen LogP contribution in [0.4, 0.5) is 0 Å².